The maximum Gasteiger partial charge on any atom is 0.573 e. The van der Waals surface area contributed by atoms with Crippen LogP contribution in [0.3, 0.4) is 0 Å². The van der Waals surface area contributed by atoms with Gasteiger partial charge in [-0.1, -0.05) is 11.3 Å². The first-order valence-corrected chi connectivity index (χ1v) is 11.2. The molecule has 1 aromatic carbocycles. The summed E-state index contributed by atoms with van der Waals surface area (Å²) in [4.78, 5) is 43.8. The summed E-state index contributed by atoms with van der Waals surface area (Å²) in [5, 5.41) is 14.6. The molecule has 3 amide bonds. The molecule has 2 heterocycles. The summed E-state index contributed by atoms with van der Waals surface area (Å²) in [5.41, 5.74) is 0.363. The zero-order valence-corrected chi connectivity index (χ0v) is 19.2. The van der Waals surface area contributed by atoms with Crippen molar-refractivity contribution >= 4 is 44.6 Å². The number of halogens is 3. The number of carboxylic acid groups (broad SMARTS) is 1. The van der Waals surface area contributed by atoms with Crippen molar-refractivity contribution < 1.29 is 37.4 Å². The minimum Gasteiger partial charge on any atom is -0.465 e. The van der Waals surface area contributed by atoms with E-state index in [-0.39, 0.29) is 11.2 Å². The van der Waals surface area contributed by atoms with E-state index in [0.717, 1.165) is 41.5 Å². The molecule has 10 nitrogen and oxygen atoms in total. The molecule has 0 spiro atoms. The van der Waals surface area contributed by atoms with Crippen LogP contribution in [0.25, 0.3) is 10.2 Å². The van der Waals surface area contributed by atoms with Crippen LogP contribution in [-0.2, 0) is 9.59 Å². The molecule has 1 saturated heterocycles. The van der Waals surface area contributed by atoms with Crippen LogP contribution in [0.4, 0.5) is 23.1 Å². The first-order chi connectivity index (χ1) is 15.9. The zero-order valence-electron chi connectivity index (χ0n) is 18.4. The van der Waals surface area contributed by atoms with Gasteiger partial charge in [-0.25, -0.2) is 9.78 Å². The van der Waals surface area contributed by atoms with Crippen molar-refractivity contribution in [2.45, 2.75) is 38.2 Å². The Hall–Kier alpha value is -3.13. The van der Waals surface area contributed by atoms with Crippen molar-refractivity contribution in [1.82, 2.24) is 20.1 Å². The lowest BCUT2D eigenvalue weighted by atomic mass is 10.0. The second-order valence-electron chi connectivity index (χ2n) is 7.92. The minimum absolute atomic E-state index is 0.128. The zero-order chi connectivity index (χ0) is 25.0. The molecule has 0 bridgehead atoms. The van der Waals surface area contributed by atoms with Gasteiger partial charge in [-0.15, -0.1) is 13.2 Å². The van der Waals surface area contributed by atoms with Gasteiger partial charge < -0.3 is 25.4 Å². The number of aromatic nitrogens is 1. The van der Waals surface area contributed by atoms with Crippen molar-refractivity contribution in [1.29, 1.82) is 0 Å². The summed E-state index contributed by atoms with van der Waals surface area (Å²) in [6.07, 6.45) is -4.81. The number of nitrogens with zero attached hydrogens (tertiary/aromatic N) is 3. The molecule has 1 aliphatic rings. The van der Waals surface area contributed by atoms with Gasteiger partial charge in [0.05, 0.1) is 10.2 Å². The van der Waals surface area contributed by atoms with E-state index in [4.69, 9.17) is 0 Å². The molecule has 1 atom stereocenters. The van der Waals surface area contributed by atoms with Gasteiger partial charge in [-0.2, -0.15) is 0 Å². The highest BCUT2D eigenvalue weighted by molar-refractivity contribution is 7.22. The van der Waals surface area contributed by atoms with E-state index < -0.39 is 42.6 Å². The highest BCUT2D eigenvalue weighted by Gasteiger charge is 2.31. The summed E-state index contributed by atoms with van der Waals surface area (Å²) < 4.78 is 41.4. The number of hydrogen-bond acceptors (Lipinski definition) is 7. The average Bonchev–Trinajstić information content (AvgIpc) is 3.12. The number of carbonyl (C=O) groups is 3. The Labute approximate surface area is 196 Å². The van der Waals surface area contributed by atoms with Crippen molar-refractivity contribution in [2.24, 2.45) is 0 Å². The maximum absolute atomic E-state index is 12.5. The Bertz CT molecular complexity index is 1050. The number of amides is 3. The van der Waals surface area contributed by atoms with Crippen LogP contribution in [0, 0.1) is 0 Å². The quantitative estimate of drug-likeness (QED) is 0.531. The van der Waals surface area contributed by atoms with Crippen molar-refractivity contribution in [3.63, 3.8) is 0 Å². The van der Waals surface area contributed by atoms with Crippen molar-refractivity contribution in [3.05, 3.63) is 18.2 Å². The molecule has 1 fully saturated rings. The third kappa shape index (κ3) is 6.93. The predicted molar refractivity (Wildman–Crippen MR) is 118 cm³/mol. The lowest BCUT2D eigenvalue weighted by Crippen LogP contribution is -2.52. The summed E-state index contributed by atoms with van der Waals surface area (Å²) in [6.45, 7) is 2.47. The lowest BCUT2D eigenvalue weighted by Gasteiger charge is -2.35. The molecular formula is C20H24F3N5O5S. The van der Waals surface area contributed by atoms with E-state index >= 15 is 0 Å². The number of piperidine rings is 1. The van der Waals surface area contributed by atoms with Gasteiger partial charge in [0.15, 0.2) is 5.13 Å². The van der Waals surface area contributed by atoms with Gasteiger partial charge in [0, 0.05) is 12.1 Å². The smallest absolute Gasteiger partial charge is 0.465 e. The standard InChI is InChI=1S/C20H24F3N5O5S/c1-11(24-16(29)10-28(19(31)32)12-5-7-27(2)8-6-12)17(30)26-18-25-14-4-3-13(9-15(14)34-18)33-20(21,22)23/h3-4,9,11-12H,5-8,10H2,1-2H3,(H,24,29)(H,31,32)(H,25,26,30). The largest absolute Gasteiger partial charge is 0.573 e. The number of likely N-dealkylation sites (tertiary alicyclic amines) is 1. The van der Waals surface area contributed by atoms with E-state index in [9.17, 15) is 32.7 Å². The number of ether oxygens (including phenoxy) is 1. The topological polar surface area (TPSA) is 124 Å². The fourth-order valence-corrected chi connectivity index (χ4v) is 4.43. The highest BCUT2D eigenvalue weighted by atomic mass is 32.1. The number of alkyl halides is 3. The second-order valence-corrected chi connectivity index (χ2v) is 8.95. The summed E-state index contributed by atoms with van der Waals surface area (Å²) in [7, 11) is 1.94. The van der Waals surface area contributed by atoms with E-state index in [1.54, 1.807) is 0 Å². The van der Waals surface area contributed by atoms with Crippen LogP contribution in [0.5, 0.6) is 5.75 Å². The lowest BCUT2D eigenvalue weighted by molar-refractivity contribution is -0.274. The number of thiazole rings is 1. The van der Waals surface area contributed by atoms with Gasteiger partial charge >= 0.3 is 12.5 Å². The molecule has 0 radical (unpaired) electrons. The van der Waals surface area contributed by atoms with E-state index in [2.05, 4.69) is 25.3 Å². The highest BCUT2D eigenvalue weighted by Crippen LogP contribution is 2.31. The van der Waals surface area contributed by atoms with E-state index in [0.29, 0.717) is 23.1 Å². The monoisotopic (exact) mass is 503 g/mol. The molecule has 3 rings (SSSR count). The van der Waals surface area contributed by atoms with Crippen LogP contribution in [-0.4, -0.2) is 82.9 Å². The van der Waals surface area contributed by atoms with Gasteiger partial charge in [0.2, 0.25) is 11.8 Å². The molecule has 14 heteroatoms. The molecule has 1 aliphatic heterocycles. The average molecular weight is 504 g/mol. The van der Waals surface area contributed by atoms with Crippen molar-refractivity contribution in [3.8, 4) is 5.75 Å². The number of hydrogen-bond donors (Lipinski definition) is 3. The SMILES string of the molecule is CC(NC(=O)CN(C(=O)O)C1CCN(C)CC1)C(=O)Nc1nc2ccc(OC(F)(F)F)cc2s1. The Balaban J connectivity index is 1.56. The second kappa shape index (κ2) is 10.4. The van der Waals surface area contributed by atoms with Crippen LogP contribution in [0.15, 0.2) is 18.2 Å². The number of anilines is 1. The molecular weight excluding hydrogens is 479 g/mol. The number of rotatable bonds is 7. The van der Waals surface area contributed by atoms with Gasteiger partial charge in [-0.3, -0.25) is 14.5 Å². The Kier molecular flexibility index (Phi) is 7.82. The molecule has 34 heavy (non-hydrogen) atoms. The summed E-state index contributed by atoms with van der Waals surface area (Å²) >= 11 is 0.943. The molecule has 0 saturated carbocycles. The molecule has 1 aromatic heterocycles. The first-order valence-electron chi connectivity index (χ1n) is 10.4. The fourth-order valence-electron chi connectivity index (χ4n) is 3.54. The molecule has 1 unspecified atom stereocenters. The Morgan fingerprint density at radius 3 is 2.62 bits per heavy atom. The van der Waals surface area contributed by atoms with Crippen LogP contribution in [0.2, 0.25) is 0 Å². The van der Waals surface area contributed by atoms with Gasteiger partial charge in [-0.05, 0) is 52.0 Å². The Morgan fingerprint density at radius 1 is 1.32 bits per heavy atom. The maximum atomic E-state index is 12.5. The number of nitrogens with one attached hydrogen (secondary N) is 2. The molecule has 3 N–H and O–H groups in total. The van der Waals surface area contributed by atoms with Crippen LogP contribution >= 0.6 is 11.3 Å². The fraction of sp³-hybridized carbons (Fsp3) is 0.500. The molecule has 186 valence electrons. The predicted octanol–water partition coefficient (Wildman–Crippen LogP) is 2.71. The third-order valence-electron chi connectivity index (χ3n) is 5.28. The van der Waals surface area contributed by atoms with Gasteiger partial charge in [0.25, 0.3) is 0 Å². The first kappa shape index (κ1) is 25.5. The normalized spacial score (nSPS) is 16.1. The Morgan fingerprint density at radius 2 is 2.00 bits per heavy atom. The number of carbonyl (C=O) groups excluding carboxylic acids is 2. The number of fused-ring (bicyclic) bond motifs is 1. The third-order valence-corrected chi connectivity index (χ3v) is 6.22. The molecule has 0 aliphatic carbocycles. The summed E-state index contributed by atoms with van der Waals surface area (Å²) in [6, 6.07) is 2.32. The van der Waals surface area contributed by atoms with Gasteiger partial charge in [0.1, 0.15) is 18.3 Å². The van der Waals surface area contributed by atoms with Crippen LogP contribution < -0.4 is 15.4 Å². The summed E-state index contributed by atoms with van der Waals surface area (Å²) in [5.74, 6) is -1.64. The number of benzene rings is 1. The molecule has 2 aromatic rings. The van der Waals surface area contributed by atoms with Crippen LogP contribution in [0.1, 0.15) is 19.8 Å². The van der Waals surface area contributed by atoms with Crippen molar-refractivity contribution in [2.75, 3.05) is 32.0 Å². The van der Waals surface area contributed by atoms with E-state index in [1.807, 2.05) is 7.05 Å². The minimum atomic E-state index is -4.83. The van der Waals surface area contributed by atoms with E-state index in [1.165, 1.54) is 13.0 Å².